The van der Waals surface area contributed by atoms with Crippen LogP contribution >= 0.6 is 11.8 Å². The van der Waals surface area contributed by atoms with Gasteiger partial charge in [-0.2, -0.15) is 5.26 Å². The molecule has 4 nitrogen and oxygen atoms in total. The first-order valence-corrected chi connectivity index (χ1v) is 7.68. The first kappa shape index (κ1) is 14.2. The molecule has 0 unspecified atom stereocenters. The van der Waals surface area contributed by atoms with E-state index in [0.717, 1.165) is 23.7 Å². The van der Waals surface area contributed by atoms with Gasteiger partial charge in [0.1, 0.15) is 5.82 Å². The quantitative estimate of drug-likeness (QED) is 0.641. The number of nitriles is 1. The highest BCUT2D eigenvalue weighted by atomic mass is 32.2. The van der Waals surface area contributed by atoms with Crippen LogP contribution in [0.4, 0.5) is 0 Å². The number of nitrogens with two attached hydrogens (primary N) is 1. The Hall–Kier alpha value is -1.25. The molecular formula is C14H20N4S. The fourth-order valence-corrected chi connectivity index (χ4v) is 3.29. The van der Waals surface area contributed by atoms with E-state index in [-0.39, 0.29) is 0 Å². The van der Waals surface area contributed by atoms with Gasteiger partial charge >= 0.3 is 0 Å². The van der Waals surface area contributed by atoms with Crippen LogP contribution in [0.15, 0.2) is 16.7 Å². The van der Waals surface area contributed by atoms with Gasteiger partial charge in [-0.25, -0.2) is 4.98 Å². The Morgan fingerprint density at radius 3 is 2.89 bits per heavy atom. The maximum atomic E-state index is 8.77. The molecule has 0 aromatic carbocycles. The largest absolute Gasteiger partial charge is 0.324 e. The van der Waals surface area contributed by atoms with Crippen molar-refractivity contribution in [3.63, 3.8) is 0 Å². The summed E-state index contributed by atoms with van der Waals surface area (Å²) in [5, 5.41) is 10.0. The molecule has 5 heteroatoms. The monoisotopic (exact) mass is 276 g/mol. The number of thioether (sulfide) groups is 1. The molecule has 0 bridgehead atoms. The third-order valence-corrected chi connectivity index (χ3v) is 4.31. The van der Waals surface area contributed by atoms with Gasteiger partial charge < -0.3 is 10.3 Å². The average molecular weight is 276 g/mol. The van der Waals surface area contributed by atoms with Crippen molar-refractivity contribution in [2.75, 3.05) is 5.75 Å². The second-order valence-corrected chi connectivity index (χ2v) is 5.76. The number of allylic oxidation sites excluding steroid dienone is 1. The van der Waals surface area contributed by atoms with E-state index >= 15 is 0 Å². The zero-order valence-corrected chi connectivity index (χ0v) is 12.3. The third kappa shape index (κ3) is 3.20. The van der Waals surface area contributed by atoms with Gasteiger partial charge in [0, 0.05) is 23.8 Å². The minimum absolute atomic E-state index is 0.487. The molecule has 0 spiro atoms. The summed E-state index contributed by atoms with van der Waals surface area (Å²) in [6, 6.07) is 2.15. The van der Waals surface area contributed by atoms with Gasteiger partial charge in [-0.15, -0.1) is 11.8 Å². The molecule has 2 N–H and O–H groups in total. The van der Waals surface area contributed by atoms with E-state index in [1.54, 1.807) is 11.8 Å². The van der Waals surface area contributed by atoms with Crippen LogP contribution in [0.1, 0.15) is 44.1 Å². The predicted molar refractivity (Wildman–Crippen MR) is 77.9 cm³/mol. The van der Waals surface area contributed by atoms with Crippen molar-refractivity contribution < 1.29 is 0 Å². The lowest BCUT2D eigenvalue weighted by Gasteiger charge is -2.08. The highest BCUT2D eigenvalue weighted by molar-refractivity contribution is 7.99. The normalized spacial score (nSPS) is 15.6. The number of nitrogens with zero attached hydrogens (tertiary/aromatic N) is 3. The minimum Gasteiger partial charge on any atom is -0.324 e. The van der Waals surface area contributed by atoms with Gasteiger partial charge in [0.15, 0.2) is 0 Å². The lowest BCUT2D eigenvalue weighted by molar-refractivity contribution is 0.648. The van der Waals surface area contributed by atoms with Gasteiger partial charge in [0.05, 0.1) is 23.3 Å². The van der Waals surface area contributed by atoms with E-state index < -0.39 is 0 Å². The van der Waals surface area contributed by atoms with E-state index in [1.165, 1.54) is 23.6 Å². The van der Waals surface area contributed by atoms with Crippen LogP contribution in [-0.2, 0) is 13.1 Å². The molecule has 0 saturated heterocycles. The van der Waals surface area contributed by atoms with E-state index in [2.05, 4.69) is 17.6 Å². The van der Waals surface area contributed by atoms with E-state index in [9.17, 15) is 0 Å². The summed E-state index contributed by atoms with van der Waals surface area (Å²) in [6.07, 6.45) is 4.45. The predicted octanol–water partition coefficient (Wildman–Crippen LogP) is 2.80. The van der Waals surface area contributed by atoms with Gasteiger partial charge in [-0.1, -0.05) is 6.08 Å². The van der Waals surface area contributed by atoms with Gasteiger partial charge in [0.2, 0.25) is 0 Å². The maximum absolute atomic E-state index is 8.77. The second kappa shape index (κ2) is 6.27. The molecule has 2 rings (SSSR count). The van der Waals surface area contributed by atoms with Crippen molar-refractivity contribution in [3.05, 3.63) is 23.2 Å². The Labute approximate surface area is 118 Å². The Morgan fingerprint density at radius 1 is 1.63 bits per heavy atom. The van der Waals surface area contributed by atoms with Crippen molar-refractivity contribution in [2.24, 2.45) is 5.73 Å². The topological polar surface area (TPSA) is 67.6 Å². The van der Waals surface area contributed by atoms with Crippen LogP contribution < -0.4 is 5.73 Å². The first-order valence-electron chi connectivity index (χ1n) is 6.70. The van der Waals surface area contributed by atoms with Gasteiger partial charge in [-0.3, -0.25) is 0 Å². The lowest BCUT2D eigenvalue weighted by atomic mass is 10.3. The zero-order chi connectivity index (χ0) is 13.8. The Balaban J connectivity index is 2.21. The van der Waals surface area contributed by atoms with Crippen molar-refractivity contribution in [2.45, 2.75) is 50.7 Å². The Morgan fingerprint density at radius 2 is 2.37 bits per heavy atom. The molecule has 1 aromatic heterocycles. The molecular weight excluding hydrogens is 256 g/mol. The highest BCUT2D eigenvalue weighted by Crippen LogP contribution is 2.44. The summed E-state index contributed by atoms with van der Waals surface area (Å²) < 4.78 is 2.22. The van der Waals surface area contributed by atoms with E-state index in [0.29, 0.717) is 12.5 Å². The van der Waals surface area contributed by atoms with Crippen LogP contribution in [0.25, 0.3) is 0 Å². The minimum atomic E-state index is 0.487. The maximum Gasteiger partial charge on any atom is 0.123 e. The summed E-state index contributed by atoms with van der Waals surface area (Å²) in [5.74, 6) is 2.42. The van der Waals surface area contributed by atoms with Crippen molar-refractivity contribution in [3.8, 4) is 6.07 Å². The number of hydrogen-bond acceptors (Lipinski definition) is 4. The molecule has 0 radical (unpaired) electrons. The number of imidazole rings is 1. The van der Waals surface area contributed by atoms with Crippen LogP contribution in [0.5, 0.6) is 0 Å². The summed E-state index contributed by atoms with van der Waals surface area (Å²) >= 11 is 1.76. The molecule has 0 aliphatic heterocycles. The first-order chi connectivity index (χ1) is 9.21. The molecule has 1 heterocycles. The second-order valence-electron chi connectivity index (χ2n) is 4.75. The van der Waals surface area contributed by atoms with Crippen LogP contribution in [0.2, 0.25) is 0 Å². The highest BCUT2D eigenvalue weighted by Gasteiger charge is 2.31. The van der Waals surface area contributed by atoms with Crippen molar-refractivity contribution in [1.82, 2.24) is 9.55 Å². The van der Waals surface area contributed by atoms with Crippen LogP contribution in [-0.4, -0.2) is 15.3 Å². The summed E-state index contributed by atoms with van der Waals surface area (Å²) in [4.78, 5) is 4.71. The van der Waals surface area contributed by atoms with E-state index in [4.69, 9.17) is 16.0 Å². The van der Waals surface area contributed by atoms with Crippen molar-refractivity contribution >= 4 is 11.8 Å². The Kier molecular flexibility index (Phi) is 4.67. The number of hydrogen-bond donors (Lipinski definition) is 1. The molecule has 1 saturated carbocycles. The molecule has 19 heavy (non-hydrogen) atoms. The molecule has 1 aliphatic rings. The van der Waals surface area contributed by atoms with Gasteiger partial charge in [-0.05, 0) is 26.7 Å². The van der Waals surface area contributed by atoms with Gasteiger partial charge in [0.25, 0.3) is 0 Å². The summed E-state index contributed by atoms with van der Waals surface area (Å²) in [6.45, 7) is 5.35. The molecule has 1 aromatic rings. The molecule has 1 aliphatic carbocycles. The summed E-state index contributed by atoms with van der Waals surface area (Å²) in [5.41, 5.74) is 7.76. The lowest BCUT2D eigenvalue weighted by Crippen LogP contribution is -2.08. The SMILES string of the molecule is CCn1c(CN)nc(C2CC2)c1SC/C=C(\C)C#N. The third-order valence-electron chi connectivity index (χ3n) is 3.27. The number of rotatable bonds is 6. The fourth-order valence-electron chi connectivity index (χ4n) is 2.05. The molecule has 0 amide bonds. The fraction of sp³-hybridized carbons (Fsp3) is 0.571. The molecule has 1 fully saturated rings. The Bertz CT molecular complexity index is 520. The average Bonchev–Trinajstić information content (AvgIpc) is 3.20. The molecule has 102 valence electrons. The van der Waals surface area contributed by atoms with E-state index in [1.807, 2.05) is 13.0 Å². The molecule has 0 atom stereocenters. The number of aromatic nitrogens is 2. The summed E-state index contributed by atoms with van der Waals surface area (Å²) in [7, 11) is 0. The van der Waals surface area contributed by atoms with Crippen LogP contribution in [0, 0.1) is 11.3 Å². The zero-order valence-electron chi connectivity index (χ0n) is 11.5. The smallest absolute Gasteiger partial charge is 0.123 e. The van der Waals surface area contributed by atoms with Crippen LogP contribution in [0.3, 0.4) is 0 Å². The van der Waals surface area contributed by atoms with Crippen molar-refractivity contribution in [1.29, 1.82) is 5.26 Å². The standard InChI is InChI=1S/C14H20N4S/c1-3-18-12(9-16)17-13(11-4-5-11)14(18)19-7-6-10(2)8-15/h6,11H,3-5,7,9,16H2,1-2H3/b10-6+.